The minimum Gasteiger partial charge on any atom is -0.478 e. The molecular formula is C12H14ClNO4S2. The third-order valence-electron chi connectivity index (χ3n) is 2.25. The average Bonchev–Trinajstić information content (AvgIpc) is 2.38. The molecule has 110 valence electrons. The molecule has 0 bridgehead atoms. The van der Waals surface area contributed by atoms with Crippen LogP contribution in [0.3, 0.4) is 0 Å². The Morgan fingerprint density at radius 3 is 2.80 bits per heavy atom. The molecule has 0 heterocycles. The lowest BCUT2D eigenvalue weighted by atomic mass is 10.2. The third-order valence-corrected chi connectivity index (χ3v) is 5.01. The highest BCUT2D eigenvalue weighted by Gasteiger charge is 2.17. The Kier molecular flexibility index (Phi) is 6.54. The van der Waals surface area contributed by atoms with Crippen molar-refractivity contribution in [2.75, 3.05) is 18.1 Å². The van der Waals surface area contributed by atoms with Crippen molar-refractivity contribution in [1.29, 1.82) is 0 Å². The maximum atomic E-state index is 12.0. The van der Waals surface area contributed by atoms with E-state index in [0.717, 1.165) is 11.8 Å². The highest BCUT2D eigenvalue weighted by molar-refractivity contribution is 7.99. The Morgan fingerprint density at radius 1 is 1.50 bits per heavy atom. The lowest BCUT2D eigenvalue weighted by molar-refractivity contribution is 0.0697. The van der Waals surface area contributed by atoms with Crippen molar-refractivity contribution in [3.05, 3.63) is 41.4 Å². The molecule has 0 saturated carbocycles. The van der Waals surface area contributed by atoms with Gasteiger partial charge in [-0.2, -0.15) is 11.8 Å². The van der Waals surface area contributed by atoms with Crippen molar-refractivity contribution in [1.82, 2.24) is 4.72 Å². The number of thioether (sulfide) groups is 1. The van der Waals surface area contributed by atoms with Crippen LogP contribution in [0.15, 0.2) is 35.7 Å². The molecule has 20 heavy (non-hydrogen) atoms. The smallest absolute Gasteiger partial charge is 0.337 e. The van der Waals surface area contributed by atoms with Crippen LogP contribution in [0.25, 0.3) is 0 Å². The van der Waals surface area contributed by atoms with Crippen molar-refractivity contribution in [2.24, 2.45) is 0 Å². The van der Waals surface area contributed by atoms with Gasteiger partial charge in [0.2, 0.25) is 10.0 Å². The fourth-order valence-electron chi connectivity index (χ4n) is 1.33. The lowest BCUT2D eigenvalue weighted by Gasteiger charge is -2.08. The van der Waals surface area contributed by atoms with Crippen molar-refractivity contribution >= 4 is 39.4 Å². The highest BCUT2D eigenvalue weighted by atomic mass is 35.5. The van der Waals surface area contributed by atoms with Crippen molar-refractivity contribution in [3.8, 4) is 0 Å². The van der Waals surface area contributed by atoms with E-state index in [1.54, 1.807) is 6.08 Å². The first kappa shape index (κ1) is 17.0. The summed E-state index contributed by atoms with van der Waals surface area (Å²) in [5.41, 5.74) is -0.240. The minimum atomic E-state index is -3.73. The normalized spacial score (nSPS) is 11.2. The summed E-state index contributed by atoms with van der Waals surface area (Å²) in [4.78, 5) is 10.8. The molecule has 0 fully saturated rings. The van der Waals surface area contributed by atoms with Gasteiger partial charge in [0.1, 0.15) is 0 Å². The van der Waals surface area contributed by atoms with Crippen molar-refractivity contribution in [3.63, 3.8) is 0 Å². The van der Waals surface area contributed by atoms with Gasteiger partial charge in [-0.1, -0.05) is 17.7 Å². The van der Waals surface area contributed by atoms with Crippen LogP contribution in [-0.4, -0.2) is 37.5 Å². The summed E-state index contributed by atoms with van der Waals surface area (Å²) in [7, 11) is -3.73. The second-order valence-electron chi connectivity index (χ2n) is 3.71. The van der Waals surface area contributed by atoms with Crippen LogP contribution in [0.5, 0.6) is 0 Å². The summed E-state index contributed by atoms with van der Waals surface area (Å²) in [6.45, 7) is 3.82. The largest absolute Gasteiger partial charge is 0.478 e. The van der Waals surface area contributed by atoms with Gasteiger partial charge in [0.05, 0.1) is 15.5 Å². The molecule has 0 radical (unpaired) electrons. The molecular weight excluding hydrogens is 322 g/mol. The zero-order valence-corrected chi connectivity index (χ0v) is 12.9. The van der Waals surface area contributed by atoms with Crippen LogP contribution in [0, 0.1) is 0 Å². The highest BCUT2D eigenvalue weighted by Crippen LogP contribution is 2.20. The minimum absolute atomic E-state index is 0.00186. The molecule has 0 amide bonds. The van der Waals surface area contributed by atoms with Crippen molar-refractivity contribution < 1.29 is 18.3 Å². The van der Waals surface area contributed by atoms with Crippen molar-refractivity contribution in [2.45, 2.75) is 4.90 Å². The molecule has 5 nitrogen and oxygen atoms in total. The molecule has 0 aromatic heterocycles. The summed E-state index contributed by atoms with van der Waals surface area (Å²) in [5, 5.41) is 8.91. The van der Waals surface area contributed by atoms with E-state index >= 15 is 0 Å². The molecule has 1 rings (SSSR count). The Morgan fingerprint density at radius 2 is 2.20 bits per heavy atom. The number of hydrogen-bond donors (Lipinski definition) is 2. The van der Waals surface area contributed by atoms with E-state index in [2.05, 4.69) is 11.3 Å². The summed E-state index contributed by atoms with van der Waals surface area (Å²) < 4.78 is 26.3. The number of nitrogens with one attached hydrogen (secondary N) is 1. The number of carboxylic acid groups (broad SMARTS) is 1. The number of benzene rings is 1. The van der Waals surface area contributed by atoms with Crippen LogP contribution in [-0.2, 0) is 10.0 Å². The third kappa shape index (κ3) is 4.82. The van der Waals surface area contributed by atoms with Crippen LogP contribution < -0.4 is 4.72 Å². The maximum Gasteiger partial charge on any atom is 0.337 e. The number of rotatable bonds is 8. The molecule has 0 unspecified atom stereocenters. The molecule has 2 N–H and O–H groups in total. The quantitative estimate of drug-likeness (QED) is 0.562. The number of aromatic carboxylic acids is 1. The number of sulfonamides is 1. The first-order valence-electron chi connectivity index (χ1n) is 5.59. The number of carbonyl (C=O) groups is 1. The second-order valence-corrected chi connectivity index (χ2v) is 7.03. The maximum absolute atomic E-state index is 12.0. The Balaban J connectivity index is 2.80. The zero-order chi connectivity index (χ0) is 15.2. The van der Waals surface area contributed by atoms with Gasteiger partial charge in [-0.05, 0) is 18.2 Å². The molecule has 0 atom stereocenters. The summed E-state index contributed by atoms with van der Waals surface area (Å²) in [6, 6.07) is 3.57. The monoisotopic (exact) mass is 335 g/mol. The first-order valence-corrected chi connectivity index (χ1v) is 8.61. The summed E-state index contributed by atoms with van der Waals surface area (Å²) in [5.74, 6) is 0.0739. The molecule has 1 aromatic carbocycles. The van der Waals surface area contributed by atoms with E-state index in [4.69, 9.17) is 16.7 Å². The molecule has 8 heteroatoms. The predicted molar refractivity (Wildman–Crippen MR) is 81.1 cm³/mol. The van der Waals surface area contributed by atoms with Crippen LogP contribution in [0.4, 0.5) is 0 Å². The van der Waals surface area contributed by atoms with E-state index in [9.17, 15) is 13.2 Å². The van der Waals surface area contributed by atoms with Gasteiger partial charge in [-0.15, -0.1) is 6.58 Å². The summed E-state index contributed by atoms with van der Waals surface area (Å²) >= 11 is 7.23. The fourth-order valence-corrected chi connectivity index (χ4v) is 3.30. The Bertz CT molecular complexity index is 601. The first-order chi connectivity index (χ1) is 9.38. The SMILES string of the molecule is C=CCSCCNS(=O)(=O)c1ccc(Cl)c(C(=O)O)c1. The topological polar surface area (TPSA) is 83.5 Å². The van der Waals surface area contributed by atoms with E-state index in [1.165, 1.54) is 23.9 Å². The standard InChI is InChI=1S/C12H14ClNO4S2/c1-2-6-19-7-5-14-20(17,18)9-3-4-11(13)10(8-9)12(15)16/h2-4,8,14H,1,5-7H2,(H,15,16). The van der Waals surface area contributed by atoms with E-state index in [0.29, 0.717) is 5.75 Å². The molecule has 0 aliphatic heterocycles. The zero-order valence-electron chi connectivity index (χ0n) is 10.5. The predicted octanol–water partition coefficient (Wildman–Crippen LogP) is 2.24. The lowest BCUT2D eigenvalue weighted by Crippen LogP contribution is -2.26. The number of hydrogen-bond acceptors (Lipinski definition) is 4. The van der Waals surface area contributed by atoms with E-state index in [-0.39, 0.29) is 22.0 Å². The van der Waals surface area contributed by atoms with Gasteiger partial charge in [-0.3, -0.25) is 0 Å². The second kappa shape index (κ2) is 7.68. The molecule has 0 saturated heterocycles. The molecule has 1 aromatic rings. The van der Waals surface area contributed by atoms with Gasteiger partial charge >= 0.3 is 5.97 Å². The van der Waals surface area contributed by atoms with Gasteiger partial charge in [0, 0.05) is 18.1 Å². The van der Waals surface area contributed by atoms with E-state index in [1.807, 2.05) is 0 Å². The van der Waals surface area contributed by atoms with Gasteiger partial charge < -0.3 is 5.11 Å². The van der Waals surface area contributed by atoms with Crippen LogP contribution in [0.2, 0.25) is 5.02 Å². The van der Waals surface area contributed by atoms with E-state index < -0.39 is 16.0 Å². The van der Waals surface area contributed by atoms with Crippen LogP contribution in [0.1, 0.15) is 10.4 Å². The number of halogens is 1. The van der Waals surface area contributed by atoms with Gasteiger partial charge in [0.25, 0.3) is 0 Å². The average molecular weight is 336 g/mol. The fraction of sp³-hybridized carbons (Fsp3) is 0.250. The Labute approximate surface area is 127 Å². The van der Waals surface area contributed by atoms with Gasteiger partial charge in [0.15, 0.2) is 0 Å². The summed E-state index contributed by atoms with van der Waals surface area (Å²) in [6.07, 6.45) is 1.73. The molecule has 0 spiro atoms. The Hall–Kier alpha value is -1.02. The molecule has 0 aliphatic carbocycles. The molecule has 0 aliphatic rings. The van der Waals surface area contributed by atoms with Crippen LogP contribution >= 0.6 is 23.4 Å². The van der Waals surface area contributed by atoms with Gasteiger partial charge in [-0.25, -0.2) is 17.9 Å². The number of carboxylic acids is 1.